The molecule has 0 aliphatic rings. The summed E-state index contributed by atoms with van der Waals surface area (Å²) in [4.78, 5) is 0. The fourth-order valence-corrected chi connectivity index (χ4v) is 7.19. The Balaban J connectivity index is 1.13. The molecule has 0 fully saturated rings. The standard InChI is InChI=1S/C42H24O2/c1-2-12-31-29(10-1)30-11-3-4-13-32(30)36-23-27(16-18-33(31)36)25-8-7-9-26(22-25)28-17-20-39-37(24-28)34-19-21-40-41(42(34)44-39)35-14-5-6-15-38(35)43-40/h1-24H. The zero-order valence-corrected chi connectivity index (χ0v) is 23.7. The molecule has 8 aromatic carbocycles. The Morgan fingerprint density at radius 3 is 1.50 bits per heavy atom. The van der Waals surface area contributed by atoms with Crippen molar-refractivity contribution in [3.05, 3.63) is 146 Å². The highest BCUT2D eigenvalue weighted by Gasteiger charge is 2.17. The van der Waals surface area contributed by atoms with Crippen LogP contribution in [0.1, 0.15) is 0 Å². The van der Waals surface area contributed by atoms with Crippen molar-refractivity contribution in [2.24, 2.45) is 0 Å². The van der Waals surface area contributed by atoms with Crippen molar-refractivity contribution in [2.75, 3.05) is 0 Å². The van der Waals surface area contributed by atoms with Gasteiger partial charge in [-0.2, -0.15) is 0 Å². The molecule has 2 heteroatoms. The number of rotatable bonds is 2. The number of hydrogen-bond donors (Lipinski definition) is 0. The molecule has 10 aromatic rings. The van der Waals surface area contributed by atoms with Gasteiger partial charge in [0.05, 0.1) is 5.39 Å². The van der Waals surface area contributed by atoms with E-state index in [-0.39, 0.29) is 0 Å². The van der Waals surface area contributed by atoms with E-state index in [1.807, 2.05) is 18.2 Å². The second kappa shape index (κ2) is 8.82. The first-order valence-electron chi connectivity index (χ1n) is 15.0. The smallest absolute Gasteiger partial charge is 0.147 e. The van der Waals surface area contributed by atoms with Crippen molar-refractivity contribution in [2.45, 2.75) is 0 Å². The van der Waals surface area contributed by atoms with Crippen LogP contribution in [-0.4, -0.2) is 0 Å². The Hall–Kier alpha value is -5.86. The summed E-state index contributed by atoms with van der Waals surface area (Å²) in [5.41, 5.74) is 8.24. The number of benzene rings is 8. The topological polar surface area (TPSA) is 26.3 Å². The lowest BCUT2D eigenvalue weighted by atomic mass is 9.91. The van der Waals surface area contributed by atoms with Crippen LogP contribution >= 0.6 is 0 Å². The molecule has 0 bridgehead atoms. The predicted molar refractivity (Wildman–Crippen MR) is 184 cm³/mol. The number of hydrogen-bond acceptors (Lipinski definition) is 2. The SMILES string of the molecule is c1cc(-c2ccc3oc4c(ccc5oc6ccccc6c54)c3c2)cc(-c2ccc3c4ccccc4c4ccccc4c3c2)c1. The summed E-state index contributed by atoms with van der Waals surface area (Å²) in [5.74, 6) is 0. The monoisotopic (exact) mass is 560 g/mol. The van der Waals surface area contributed by atoms with Crippen LogP contribution in [-0.2, 0) is 0 Å². The largest absolute Gasteiger partial charge is 0.456 e. The van der Waals surface area contributed by atoms with Crippen LogP contribution in [0, 0.1) is 0 Å². The van der Waals surface area contributed by atoms with Gasteiger partial charge < -0.3 is 8.83 Å². The van der Waals surface area contributed by atoms with Gasteiger partial charge in [-0.3, -0.25) is 0 Å². The van der Waals surface area contributed by atoms with Crippen LogP contribution < -0.4 is 0 Å². The molecule has 0 aliphatic heterocycles. The molecular weight excluding hydrogens is 536 g/mol. The Morgan fingerprint density at radius 2 is 0.773 bits per heavy atom. The fraction of sp³-hybridized carbons (Fsp3) is 0. The highest BCUT2D eigenvalue weighted by atomic mass is 16.3. The first-order valence-corrected chi connectivity index (χ1v) is 15.0. The molecule has 2 nitrogen and oxygen atoms in total. The van der Waals surface area contributed by atoms with Crippen molar-refractivity contribution in [1.29, 1.82) is 0 Å². The number of furan rings is 2. The minimum absolute atomic E-state index is 0.849. The van der Waals surface area contributed by atoms with Crippen molar-refractivity contribution >= 4 is 76.2 Å². The van der Waals surface area contributed by atoms with Gasteiger partial charge in [-0.1, -0.05) is 103 Å². The highest BCUT2D eigenvalue weighted by molar-refractivity contribution is 6.26. The van der Waals surface area contributed by atoms with Gasteiger partial charge in [0.25, 0.3) is 0 Å². The second-order valence-corrected chi connectivity index (χ2v) is 11.7. The molecule has 204 valence electrons. The van der Waals surface area contributed by atoms with Crippen LogP contribution in [0.4, 0.5) is 0 Å². The summed E-state index contributed by atoms with van der Waals surface area (Å²) in [5, 5.41) is 12.1. The van der Waals surface area contributed by atoms with Gasteiger partial charge in [0.1, 0.15) is 22.3 Å². The van der Waals surface area contributed by atoms with E-state index in [1.165, 1.54) is 49.0 Å². The van der Waals surface area contributed by atoms with Gasteiger partial charge >= 0.3 is 0 Å². The average Bonchev–Trinajstić information content (AvgIpc) is 3.66. The van der Waals surface area contributed by atoms with E-state index in [0.29, 0.717) is 0 Å². The molecule has 0 spiro atoms. The van der Waals surface area contributed by atoms with Crippen LogP contribution in [0.5, 0.6) is 0 Å². The highest BCUT2D eigenvalue weighted by Crippen LogP contribution is 2.41. The number of para-hydroxylation sites is 1. The quantitative estimate of drug-likeness (QED) is 0.197. The first-order chi connectivity index (χ1) is 21.8. The Kier molecular flexibility index (Phi) is 4.75. The number of fused-ring (bicyclic) bond motifs is 13. The molecule has 0 atom stereocenters. The lowest BCUT2D eigenvalue weighted by molar-refractivity contribution is 0.663. The Labute approximate surface area is 252 Å². The fourth-order valence-electron chi connectivity index (χ4n) is 7.19. The van der Waals surface area contributed by atoms with Crippen molar-refractivity contribution in [1.82, 2.24) is 0 Å². The predicted octanol–water partition coefficient (Wildman–Crippen LogP) is 12.3. The molecule has 0 unspecified atom stereocenters. The van der Waals surface area contributed by atoms with Crippen LogP contribution in [0.15, 0.2) is 154 Å². The van der Waals surface area contributed by atoms with Crippen molar-refractivity contribution in [3.63, 3.8) is 0 Å². The maximum Gasteiger partial charge on any atom is 0.147 e. The third kappa shape index (κ3) is 3.31. The van der Waals surface area contributed by atoms with Crippen molar-refractivity contribution in [3.8, 4) is 22.3 Å². The van der Waals surface area contributed by atoms with Gasteiger partial charge in [-0.25, -0.2) is 0 Å². The summed E-state index contributed by atoms with van der Waals surface area (Å²) < 4.78 is 12.6. The summed E-state index contributed by atoms with van der Waals surface area (Å²) in [6, 6.07) is 52.1. The molecule has 0 N–H and O–H groups in total. The van der Waals surface area contributed by atoms with Crippen LogP contribution in [0.3, 0.4) is 0 Å². The summed E-state index contributed by atoms with van der Waals surface area (Å²) in [7, 11) is 0. The first kappa shape index (κ1) is 23.7. The summed E-state index contributed by atoms with van der Waals surface area (Å²) in [6.45, 7) is 0. The van der Waals surface area contributed by atoms with Gasteiger partial charge in [0.15, 0.2) is 0 Å². The van der Waals surface area contributed by atoms with Gasteiger partial charge in [0.2, 0.25) is 0 Å². The van der Waals surface area contributed by atoms with E-state index in [0.717, 1.165) is 49.4 Å². The van der Waals surface area contributed by atoms with E-state index in [2.05, 4.69) is 127 Å². The molecule has 0 saturated carbocycles. The van der Waals surface area contributed by atoms with Crippen LogP contribution in [0.25, 0.3) is 98.4 Å². The van der Waals surface area contributed by atoms with E-state index in [1.54, 1.807) is 0 Å². The summed E-state index contributed by atoms with van der Waals surface area (Å²) >= 11 is 0. The van der Waals surface area contributed by atoms with Crippen LogP contribution in [0.2, 0.25) is 0 Å². The molecule has 0 saturated heterocycles. The second-order valence-electron chi connectivity index (χ2n) is 11.7. The van der Waals surface area contributed by atoms with E-state index < -0.39 is 0 Å². The van der Waals surface area contributed by atoms with Crippen molar-refractivity contribution < 1.29 is 8.83 Å². The lowest BCUT2D eigenvalue weighted by Crippen LogP contribution is -1.85. The summed E-state index contributed by atoms with van der Waals surface area (Å²) in [6.07, 6.45) is 0. The van der Waals surface area contributed by atoms with Gasteiger partial charge in [-0.05, 0) is 97.0 Å². The molecule has 2 aromatic heterocycles. The molecule has 44 heavy (non-hydrogen) atoms. The lowest BCUT2D eigenvalue weighted by Gasteiger charge is -2.12. The maximum atomic E-state index is 6.46. The average molecular weight is 561 g/mol. The molecular formula is C42H24O2. The third-order valence-corrected chi connectivity index (χ3v) is 9.25. The Morgan fingerprint density at radius 1 is 0.273 bits per heavy atom. The van der Waals surface area contributed by atoms with Gasteiger partial charge in [-0.15, -0.1) is 0 Å². The normalized spacial score (nSPS) is 12.1. The zero-order valence-electron chi connectivity index (χ0n) is 23.7. The van der Waals surface area contributed by atoms with E-state index >= 15 is 0 Å². The third-order valence-electron chi connectivity index (χ3n) is 9.25. The molecule has 0 amide bonds. The maximum absolute atomic E-state index is 6.46. The van der Waals surface area contributed by atoms with Gasteiger partial charge in [0, 0.05) is 16.2 Å². The molecule has 0 radical (unpaired) electrons. The minimum Gasteiger partial charge on any atom is -0.456 e. The zero-order chi connectivity index (χ0) is 28.8. The van der Waals surface area contributed by atoms with E-state index in [4.69, 9.17) is 8.83 Å². The molecule has 0 aliphatic carbocycles. The Bertz CT molecular complexity index is 2740. The van der Waals surface area contributed by atoms with E-state index in [9.17, 15) is 0 Å². The minimum atomic E-state index is 0.849. The molecule has 2 heterocycles. The molecule has 10 rings (SSSR count).